The van der Waals surface area contributed by atoms with E-state index in [2.05, 4.69) is 20.7 Å². The smallest absolute Gasteiger partial charge is 0.189 e. The second-order valence-corrected chi connectivity index (χ2v) is 6.50. The van der Waals surface area contributed by atoms with Gasteiger partial charge < -0.3 is 5.01 Å². The molecular formula is C17H17N3OS. The zero-order chi connectivity index (χ0) is 14.9. The maximum Gasteiger partial charge on any atom is 0.189 e. The number of hydrogen-bond donors (Lipinski definition) is 0. The van der Waals surface area contributed by atoms with Crippen LogP contribution < -0.4 is 10.4 Å². The molecule has 0 amide bonds. The Morgan fingerprint density at radius 1 is 1.09 bits per heavy atom. The van der Waals surface area contributed by atoms with E-state index in [1.807, 2.05) is 29.9 Å². The average molecular weight is 311 g/mol. The summed E-state index contributed by atoms with van der Waals surface area (Å²) in [6, 6.07) is 7.67. The van der Waals surface area contributed by atoms with Gasteiger partial charge in [0.2, 0.25) is 0 Å². The molecule has 1 aromatic carbocycles. The van der Waals surface area contributed by atoms with Gasteiger partial charge in [0.25, 0.3) is 0 Å². The van der Waals surface area contributed by atoms with Crippen molar-refractivity contribution in [3.63, 3.8) is 0 Å². The number of thiazole rings is 1. The number of pyridine rings is 1. The monoisotopic (exact) mass is 311 g/mol. The second kappa shape index (κ2) is 5.57. The van der Waals surface area contributed by atoms with Crippen LogP contribution in [-0.4, -0.2) is 22.7 Å². The summed E-state index contributed by atoms with van der Waals surface area (Å²) in [4.78, 5) is 16.5. The maximum atomic E-state index is 12.2. The van der Waals surface area contributed by atoms with Crippen molar-refractivity contribution in [1.82, 2.24) is 9.66 Å². The molecule has 2 aromatic heterocycles. The molecule has 0 saturated carbocycles. The third kappa shape index (κ3) is 2.31. The van der Waals surface area contributed by atoms with Crippen LogP contribution in [0.25, 0.3) is 21.5 Å². The van der Waals surface area contributed by atoms with Gasteiger partial charge in [-0.2, -0.15) is 0 Å². The third-order valence-corrected chi connectivity index (χ3v) is 5.02. The van der Waals surface area contributed by atoms with Crippen molar-refractivity contribution >= 4 is 22.2 Å². The molecule has 5 heteroatoms. The first-order chi connectivity index (χ1) is 10.8. The number of rotatable bonds is 2. The predicted octanol–water partition coefficient (Wildman–Crippen LogP) is 3.25. The molecule has 0 radical (unpaired) electrons. The summed E-state index contributed by atoms with van der Waals surface area (Å²) in [6.07, 6.45) is 7.42. The molecule has 4 rings (SSSR count). The van der Waals surface area contributed by atoms with Crippen molar-refractivity contribution < 1.29 is 0 Å². The fraction of sp³-hybridized carbons (Fsp3) is 0.294. The molecule has 3 heterocycles. The Labute approximate surface area is 132 Å². The molecule has 1 fully saturated rings. The van der Waals surface area contributed by atoms with Crippen LogP contribution in [0, 0.1) is 0 Å². The fourth-order valence-corrected chi connectivity index (χ4v) is 3.71. The highest BCUT2D eigenvalue weighted by atomic mass is 32.1. The predicted molar refractivity (Wildman–Crippen MR) is 91.1 cm³/mol. The highest BCUT2D eigenvalue weighted by Gasteiger charge is 2.14. The first-order valence-corrected chi connectivity index (χ1v) is 8.51. The molecule has 0 aliphatic carbocycles. The standard InChI is InChI=1S/C17H17N3OS/c21-16-6-10-20(19-8-2-1-3-9-19)15-12-13(4-5-14(15)16)17-18-7-11-22-17/h4-7,10-12H,1-3,8-9H2. The van der Waals surface area contributed by atoms with Gasteiger partial charge in [-0.3, -0.25) is 9.47 Å². The van der Waals surface area contributed by atoms with Crippen molar-refractivity contribution in [2.75, 3.05) is 18.1 Å². The lowest BCUT2D eigenvalue weighted by atomic mass is 10.1. The van der Waals surface area contributed by atoms with Crippen LogP contribution in [0.5, 0.6) is 0 Å². The second-order valence-electron chi connectivity index (χ2n) is 5.61. The molecule has 1 aliphatic rings. The van der Waals surface area contributed by atoms with Gasteiger partial charge in [-0.25, -0.2) is 4.98 Å². The van der Waals surface area contributed by atoms with Gasteiger partial charge in [0.1, 0.15) is 5.01 Å². The van der Waals surface area contributed by atoms with E-state index in [0.29, 0.717) is 0 Å². The normalized spacial score (nSPS) is 15.4. The van der Waals surface area contributed by atoms with Crippen molar-refractivity contribution in [3.8, 4) is 10.6 Å². The Morgan fingerprint density at radius 3 is 2.73 bits per heavy atom. The highest BCUT2D eigenvalue weighted by Crippen LogP contribution is 2.25. The molecule has 0 N–H and O–H groups in total. The summed E-state index contributed by atoms with van der Waals surface area (Å²) in [6.45, 7) is 2.08. The third-order valence-electron chi connectivity index (χ3n) is 4.19. The molecule has 22 heavy (non-hydrogen) atoms. The Kier molecular flexibility index (Phi) is 3.42. The number of hydrogen-bond acceptors (Lipinski definition) is 4. The molecule has 3 aromatic rings. The van der Waals surface area contributed by atoms with Crippen LogP contribution >= 0.6 is 11.3 Å². The van der Waals surface area contributed by atoms with Crippen LogP contribution in [0.3, 0.4) is 0 Å². The molecular weight excluding hydrogens is 294 g/mol. The minimum atomic E-state index is 0.0777. The van der Waals surface area contributed by atoms with Crippen molar-refractivity contribution in [2.24, 2.45) is 0 Å². The zero-order valence-electron chi connectivity index (χ0n) is 12.2. The van der Waals surface area contributed by atoms with Crippen molar-refractivity contribution in [2.45, 2.75) is 19.3 Å². The van der Waals surface area contributed by atoms with Crippen LogP contribution in [0.15, 0.2) is 46.8 Å². The molecule has 0 atom stereocenters. The van der Waals surface area contributed by atoms with Gasteiger partial charge >= 0.3 is 0 Å². The van der Waals surface area contributed by atoms with Gasteiger partial charge in [-0.15, -0.1) is 11.3 Å². The first kappa shape index (κ1) is 13.5. The van der Waals surface area contributed by atoms with E-state index in [4.69, 9.17) is 0 Å². The fourth-order valence-electron chi connectivity index (χ4n) is 3.08. The van der Waals surface area contributed by atoms with Crippen molar-refractivity contribution in [1.29, 1.82) is 0 Å². The summed E-state index contributed by atoms with van der Waals surface area (Å²) < 4.78 is 2.15. The van der Waals surface area contributed by atoms with Gasteiger partial charge in [-0.05, 0) is 31.4 Å². The summed E-state index contributed by atoms with van der Waals surface area (Å²) in [5.74, 6) is 0. The Bertz CT molecular complexity index is 848. The molecule has 0 bridgehead atoms. The molecule has 0 spiro atoms. The number of benzene rings is 1. The topological polar surface area (TPSA) is 38.1 Å². The first-order valence-electron chi connectivity index (χ1n) is 7.63. The lowest BCUT2D eigenvalue weighted by Crippen LogP contribution is -2.39. The largest absolute Gasteiger partial charge is 0.313 e. The van der Waals surface area contributed by atoms with Gasteiger partial charge in [0.05, 0.1) is 5.52 Å². The molecule has 0 unspecified atom stereocenters. The quantitative estimate of drug-likeness (QED) is 0.729. The number of nitrogens with zero attached hydrogens (tertiary/aromatic N) is 3. The molecule has 112 valence electrons. The summed E-state index contributed by atoms with van der Waals surface area (Å²) in [7, 11) is 0. The molecule has 1 saturated heterocycles. The minimum Gasteiger partial charge on any atom is -0.313 e. The van der Waals surface area contributed by atoms with E-state index in [1.165, 1.54) is 19.3 Å². The zero-order valence-corrected chi connectivity index (χ0v) is 13.1. The van der Waals surface area contributed by atoms with Gasteiger partial charge in [-0.1, -0.05) is 6.07 Å². The van der Waals surface area contributed by atoms with Crippen LogP contribution in [-0.2, 0) is 0 Å². The van der Waals surface area contributed by atoms with E-state index >= 15 is 0 Å². The van der Waals surface area contributed by atoms with Crippen molar-refractivity contribution in [3.05, 3.63) is 52.3 Å². The van der Waals surface area contributed by atoms with Gasteiger partial charge in [0, 0.05) is 47.9 Å². The molecule has 1 aliphatic heterocycles. The number of aromatic nitrogens is 2. The SMILES string of the molecule is O=c1ccn(N2CCCCC2)c2cc(-c3nccs3)ccc12. The Balaban J connectivity index is 1.90. The Morgan fingerprint density at radius 2 is 1.95 bits per heavy atom. The van der Waals surface area contributed by atoms with Gasteiger partial charge in [0.15, 0.2) is 5.43 Å². The summed E-state index contributed by atoms with van der Waals surface area (Å²) >= 11 is 1.62. The lowest BCUT2D eigenvalue weighted by Gasteiger charge is -2.32. The van der Waals surface area contributed by atoms with Crippen LogP contribution in [0.2, 0.25) is 0 Å². The van der Waals surface area contributed by atoms with E-state index < -0.39 is 0 Å². The Hall–Kier alpha value is -2.14. The molecule has 4 nitrogen and oxygen atoms in total. The van der Waals surface area contributed by atoms with E-state index in [1.54, 1.807) is 17.4 Å². The van der Waals surface area contributed by atoms with Crippen LogP contribution in [0.1, 0.15) is 19.3 Å². The van der Waals surface area contributed by atoms with E-state index in [0.717, 1.165) is 34.6 Å². The van der Waals surface area contributed by atoms with Crippen LogP contribution in [0.4, 0.5) is 0 Å². The number of piperidine rings is 1. The summed E-state index contributed by atoms with van der Waals surface area (Å²) in [5.41, 5.74) is 2.12. The highest BCUT2D eigenvalue weighted by molar-refractivity contribution is 7.13. The maximum absolute atomic E-state index is 12.2. The number of fused-ring (bicyclic) bond motifs is 1. The van der Waals surface area contributed by atoms with E-state index in [-0.39, 0.29) is 5.43 Å². The minimum absolute atomic E-state index is 0.0777. The lowest BCUT2D eigenvalue weighted by molar-refractivity contribution is 0.485. The van der Waals surface area contributed by atoms with E-state index in [9.17, 15) is 4.79 Å². The average Bonchev–Trinajstić information content (AvgIpc) is 3.10. The summed E-state index contributed by atoms with van der Waals surface area (Å²) in [5, 5.41) is 6.07.